The summed E-state index contributed by atoms with van der Waals surface area (Å²) in [6.45, 7) is -0.0916. The lowest BCUT2D eigenvalue weighted by Crippen LogP contribution is -2.27. The Hall–Kier alpha value is -2.41. The molecule has 0 aliphatic rings. The molecule has 20 heavy (non-hydrogen) atoms. The zero-order valence-corrected chi connectivity index (χ0v) is 10.6. The van der Waals surface area contributed by atoms with Crippen LogP contribution in [0.1, 0.15) is 24.4 Å². The molecule has 0 aliphatic heterocycles. The number of aliphatic hydroxyl groups is 1. The van der Waals surface area contributed by atoms with Gasteiger partial charge in [-0.2, -0.15) is 0 Å². The zero-order valence-electron chi connectivity index (χ0n) is 10.6. The molecular formula is C13H15NO6. The predicted octanol–water partition coefficient (Wildman–Crippen LogP) is 0.236. The molecular weight excluding hydrogens is 266 g/mol. The summed E-state index contributed by atoms with van der Waals surface area (Å²) in [5.41, 5.74) is 0.361. The van der Waals surface area contributed by atoms with Crippen LogP contribution in [0.25, 0.3) is 0 Å². The molecule has 1 atom stereocenters. The standard InChI is InChI=1S/C13H15NO6/c15-7-1-2-11(17)20-10-5-3-9(4-6-10)12(13(18)19)14-8-16/h3-6,8,12,15H,1-2,7H2,(H,14,16)(H,18,19). The molecule has 3 N–H and O–H groups in total. The van der Waals surface area contributed by atoms with Crippen LogP contribution in [0.15, 0.2) is 24.3 Å². The highest BCUT2D eigenvalue weighted by Gasteiger charge is 2.18. The van der Waals surface area contributed by atoms with E-state index in [4.69, 9.17) is 14.9 Å². The molecule has 1 amide bonds. The molecule has 1 rings (SSSR count). The second-order valence-corrected chi connectivity index (χ2v) is 3.93. The first-order chi connectivity index (χ1) is 9.58. The number of hydrogen-bond donors (Lipinski definition) is 3. The van der Waals surface area contributed by atoms with E-state index >= 15 is 0 Å². The fourth-order valence-corrected chi connectivity index (χ4v) is 1.51. The monoisotopic (exact) mass is 281 g/mol. The van der Waals surface area contributed by atoms with Crippen LogP contribution in [0.3, 0.4) is 0 Å². The number of nitrogens with one attached hydrogen (secondary N) is 1. The molecule has 0 radical (unpaired) electrons. The fourth-order valence-electron chi connectivity index (χ4n) is 1.51. The number of aliphatic hydroxyl groups excluding tert-OH is 1. The average Bonchev–Trinajstić information content (AvgIpc) is 2.43. The summed E-state index contributed by atoms with van der Waals surface area (Å²) in [6.07, 6.45) is 0.728. The van der Waals surface area contributed by atoms with Crippen molar-refractivity contribution in [2.75, 3.05) is 6.61 Å². The number of carboxylic acids is 1. The first kappa shape index (κ1) is 15.6. The first-order valence-electron chi connectivity index (χ1n) is 5.92. The van der Waals surface area contributed by atoms with Crippen molar-refractivity contribution >= 4 is 18.3 Å². The first-order valence-corrected chi connectivity index (χ1v) is 5.92. The fraction of sp³-hybridized carbons (Fsp3) is 0.308. The van der Waals surface area contributed by atoms with Gasteiger partial charge in [0, 0.05) is 13.0 Å². The van der Waals surface area contributed by atoms with Gasteiger partial charge in [0.05, 0.1) is 0 Å². The minimum Gasteiger partial charge on any atom is -0.479 e. The van der Waals surface area contributed by atoms with Crippen LogP contribution in [0.4, 0.5) is 0 Å². The average molecular weight is 281 g/mol. The molecule has 0 heterocycles. The molecule has 0 aliphatic carbocycles. The van der Waals surface area contributed by atoms with Crippen LogP contribution in [-0.2, 0) is 14.4 Å². The predicted molar refractivity (Wildman–Crippen MR) is 68.0 cm³/mol. The topological polar surface area (TPSA) is 113 Å². The van der Waals surface area contributed by atoms with Crippen molar-refractivity contribution in [3.8, 4) is 5.75 Å². The van der Waals surface area contributed by atoms with Gasteiger partial charge in [-0.1, -0.05) is 12.1 Å². The molecule has 108 valence electrons. The molecule has 1 aromatic carbocycles. The molecule has 0 spiro atoms. The van der Waals surface area contributed by atoms with E-state index in [1.165, 1.54) is 24.3 Å². The molecule has 0 aromatic heterocycles. The van der Waals surface area contributed by atoms with Crippen molar-refractivity contribution in [3.63, 3.8) is 0 Å². The molecule has 1 aromatic rings. The van der Waals surface area contributed by atoms with Crippen LogP contribution >= 0.6 is 0 Å². The van der Waals surface area contributed by atoms with Crippen molar-refractivity contribution in [2.45, 2.75) is 18.9 Å². The number of rotatable bonds is 8. The summed E-state index contributed by atoms with van der Waals surface area (Å²) in [5, 5.41) is 19.7. The highest BCUT2D eigenvalue weighted by atomic mass is 16.5. The maximum absolute atomic E-state index is 11.3. The summed E-state index contributed by atoms with van der Waals surface area (Å²) in [4.78, 5) is 32.6. The molecule has 0 fully saturated rings. The Bertz CT molecular complexity index is 470. The van der Waals surface area contributed by atoms with E-state index in [0.29, 0.717) is 18.4 Å². The summed E-state index contributed by atoms with van der Waals surface area (Å²) in [6, 6.07) is 4.63. The number of amides is 1. The van der Waals surface area contributed by atoms with Crippen LogP contribution < -0.4 is 10.1 Å². The van der Waals surface area contributed by atoms with E-state index in [9.17, 15) is 14.4 Å². The maximum atomic E-state index is 11.3. The van der Waals surface area contributed by atoms with Crippen LogP contribution in [0.5, 0.6) is 5.75 Å². The number of carbonyl (C=O) groups is 3. The third-order valence-corrected chi connectivity index (χ3v) is 2.47. The van der Waals surface area contributed by atoms with E-state index in [-0.39, 0.29) is 18.8 Å². The SMILES string of the molecule is O=CNC(C(=O)O)c1ccc(OC(=O)CCCO)cc1. The van der Waals surface area contributed by atoms with Crippen LogP contribution in [0.2, 0.25) is 0 Å². The van der Waals surface area contributed by atoms with Crippen molar-refractivity contribution in [1.29, 1.82) is 0 Å². The van der Waals surface area contributed by atoms with E-state index in [0.717, 1.165) is 0 Å². The minimum atomic E-state index is -1.19. The molecule has 7 heteroatoms. The number of carbonyl (C=O) groups excluding carboxylic acids is 2. The van der Waals surface area contributed by atoms with Gasteiger partial charge < -0.3 is 20.3 Å². The molecule has 7 nitrogen and oxygen atoms in total. The van der Waals surface area contributed by atoms with Gasteiger partial charge in [-0.25, -0.2) is 4.79 Å². The van der Waals surface area contributed by atoms with Gasteiger partial charge in [0.1, 0.15) is 5.75 Å². The Morgan fingerprint density at radius 1 is 1.30 bits per heavy atom. The van der Waals surface area contributed by atoms with Gasteiger partial charge in [0.2, 0.25) is 6.41 Å². The Morgan fingerprint density at radius 2 is 1.95 bits per heavy atom. The number of ether oxygens (including phenoxy) is 1. The second-order valence-electron chi connectivity index (χ2n) is 3.93. The van der Waals surface area contributed by atoms with Gasteiger partial charge in [-0.3, -0.25) is 9.59 Å². The lowest BCUT2D eigenvalue weighted by atomic mass is 10.1. The number of aliphatic carboxylic acids is 1. The van der Waals surface area contributed by atoms with Gasteiger partial charge in [0.25, 0.3) is 0 Å². The third-order valence-electron chi connectivity index (χ3n) is 2.47. The quantitative estimate of drug-likeness (QED) is 0.357. The Morgan fingerprint density at radius 3 is 2.45 bits per heavy atom. The molecule has 1 unspecified atom stereocenters. The highest BCUT2D eigenvalue weighted by molar-refractivity contribution is 5.78. The number of benzene rings is 1. The minimum absolute atomic E-state index is 0.0916. The number of carboxylic acid groups (broad SMARTS) is 1. The maximum Gasteiger partial charge on any atom is 0.330 e. The van der Waals surface area contributed by atoms with E-state index in [1.807, 2.05) is 0 Å². The number of hydrogen-bond acceptors (Lipinski definition) is 5. The lowest BCUT2D eigenvalue weighted by Gasteiger charge is -2.12. The van der Waals surface area contributed by atoms with Crippen LogP contribution in [-0.4, -0.2) is 35.2 Å². The lowest BCUT2D eigenvalue weighted by molar-refractivity contribution is -0.140. The summed E-state index contributed by atoms with van der Waals surface area (Å²) >= 11 is 0. The Labute approximate surface area is 115 Å². The Balaban J connectivity index is 2.70. The third kappa shape index (κ3) is 4.69. The van der Waals surface area contributed by atoms with Gasteiger partial charge >= 0.3 is 11.9 Å². The van der Waals surface area contributed by atoms with Crippen molar-refractivity contribution in [2.24, 2.45) is 0 Å². The van der Waals surface area contributed by atoms with Gasteiger partial charge in [-0.15, -0.1) is 0 Å². The summed E-state index contributed by atoms with van der Waals surface area (Å²) in [7, 11) is 0. The normalized spacial score (nSPS) is 11.4. The summed E-state index contributed by atoms with van der Waals surface area (Å²) in [5.74, 6) is -1.40. The van der Waals surface area contributed by atoms with Crippen molar-refractivity contribution < 1.29 is 29.3 Å². The van der Waals surface area contributed by atoms with E-state index in [1.54, 1.807) is 0 Å². The van der Waals surface area contributed by atoms with Gasteiger partial charge in [0.15, 0.2) is 6.04 Å². The van der Waals surface area contributed by atoms with Gasteiger partial charge in [-0.05, 0) is 24.1 Å². The Kier molecular flexibility index (Phi) is 6.18. The second kappa shape index (κ2) is 7.90. The van der Waals surface area contributed by atoms with E-state index < -0.39 is 18.0 Å². The smallest absolute Gasteiger partial charge is 0.330 e. The molecule has 0 bridgehead atoms. The van der Waals surface area contributed by atoms with Crippen molar-refractivity contribution in [3.05, 3.63) is 29.8 Å². The molecule has 0 saturated carbocycles. The van der Waals surface area contributed by atoms with Crippen LogP contribution in [0, 0.1) is 0 Å². The zero-order chi connectivity index (χ0) is 15.0. The highest BCUT2D eigenvalue weighted by Crippen LogP contribution is 2.18. The van der Waals surface area contributed by atoms with Crippen molar-refractivity contribution in [1.82, 2.24) is 5.32 Å². The van der Waals surface area contributed by atoms with E-state index in [2.05, 4.69) is 5.32 Å². The summed E-state index contributed by atoms with van der Waals surface area (Å²) < 4.78 is 4.98. The number of esters is 1. The largest absolute Gasteiger partial charge is 0.479 e. The molecule has 0 saturated heterocycles.